The van der Waals surface area contributed by atoms with Crippen molar-refractivity contribution in [1.82, 2.24) is 10.4 Å². The van der Waals surface area contributed by atoms with Crippen molar-refractivity contribution in [2.24, 2.45) is 0 Å². The molecule has 30 heavy (non-hydrogen) atoms. The van der Waals surface area contributed by atoms with Crippen molar-refractivity contribution in [1.29, 1.82) is 0 Å². The fourth-order valence-electron chi connectivity index (χ4n) is 2.27. The van der Waals surface area contributed by atoms with Gasteiger partial charge in [0.2, 0.25) is 0 Å². The van der Waals surface area contributed by atoms with E-state index >= 15 is 0 Å². The SMILES string of the molecule is COc1c(C(=O)NN(C)C(=O)O)ccc(C(=O)OC(C)(C)C)c1C(=O)OC(C)(C)C. The fraction of sp³-hybridized carbons (Fsp3) is 0.500. The number of nitrogens with zero attached hydrogens (tertiary/aromatic N) is 1. The Kier molecular flexibility index (Phi) is 7.44. The lowest BCUT2D eigenvalue weighted by Gasteiger charge is -2.24. The van der Waals surface area contributed by atoms with Crippen molar-refractivity contribution in [3.05, 3.63) is 28.8 Å². The van der Waals surface area contributed by atoms with Crippen LogP contribution in [0.5, 0.6) is 5.75 Å². The van der Waals surface area contributed by atoms with Crippen LogP contribution in [-0.2, 0) is 9.47 Å². The highest BCUT2D eigenvalue weighted by atomic mass is 16.6. The van der Waals surface area contributed by atoms with Gasteiger partial charge in [0.25, 0.3) is 5.91 Å². The summed E-state index contributed by atoms with van der Waals surface area (Å²) >= 11 is 0. The molecule has 0 fully saturated rings. The first-order chi connectivity index (χ1) is 13.6. The van der Waals surface area contributed by atoms with Gasteiger partial charge < -0.3 is 19.3 Å². The fourth-order valence-corrected chi connectivity index (χ4v) is 2.27. The van der Waals surface area contributed by atoms with Crippen LogP contribution in [0.1, 0.15) is 72.6 Å². The summed E-state index contributed by atoms with van der Waals surface area (Å²) in [5.74, 6) is -2.82. The highest BCUT2D eigenvalue weighted by Crippen LogP contribution is 2.31. The van der Waals surface area contributed by atoms with Crippen LogP contribution >= 0.6 is 0 Å². The first-order valence-electron chi connectivity index (χ1n) is 9.02. The van der Waals surface area contributed by atoms with Gasteiger partial charge in [0.15, 0.2) is 0 Å². The number of methoxy groups -OCH3 is 1. The van der Waals surface area contributed by atoms with E-state index in [4.69, 9.17) is 19.3 Å². The molecule has 0 unspecified atom stereocenters. The molecule has 10 heteroatoms. The molecule has 0 radical (unpaired) electrons. The van der Waals surface area contributed by atoms with Gasteiger partial charge in [0, 0.05) is 7.05 Å². The molecule has 0 atom stereocenters. The standard InChI is InChI=1S/C20H28N2O8/c1-19(2,3)29-16(24)11-9-10-12(15(23)21-22(7)18(26)27)14(28-8)13(11)17(25)30-20(4,5)6/h9-10H,1-8H3,(H,21,23)(H,26,27). The number of ether oxygens (including phenoxy) is 3. The summed E-state index contributed by atoms with van der Waals surface area (Å²) in [6.07, 6.45) is -1.40. The highest BCUT2D eigenvalue weighted by molar-refractivity contribution is 6.09. The molecule has 0 aliphatic heterocycles. The van der Waals surface area contributed by atoms with E-state index < -0.39 is 35.1 Å². The van der Waals surface area contributed by atoms with Crippen LogP contribution in [0, 0.1) is 0 Å². The maximum atomic E-state index is 12.9. The molecule has 0 saturated heterocycles. The van der Waals surface area contributed by atoms with Gasteiger partial charge in [-0.05, 0) is 53.7 Å². The van der Waals surface area contributed by atoms with Crippen LogP contribution in [0.15, 0.2) is 12.1 Å². The van der Waals surface area contributed by atoms with Crippen molar-refractivity contribution in [2.45, 2.75) is 52.7 Å². The average Bonchev–Trinajstić information content (AvgIpc) is 2.56. The van der Waals surface area contributed by atoms with Crippen molar-refractivity contribution in [3.63, 3.8) is 0 Å². The Morgan fingerprint density at radius 1 is 0.900 bits per heavy atom. The molecular formula is C20H28N2O8. The van der Waals surface area contributed by atoms with Crippen LogP contribution in [0.3, 0.4) is 0 Å². The van der Waals surface area contributed by atoms with E-state index in [0.717, 1.165) is 7.05 Å². The minimum absolute atomic E-state index is 0.154. The van der Waals surface area contributed by atoms with Crippen molar-refractivity contribution in [2.75, 3.05) is 14.2 Å². The van der Waals surface area contributed by atoms with Crippen LogP contribution in [0.4, 0.5) is 4.79 Å². The normalized spacial score (nSPS) is 11.3. The zero-order chi connectivity index (χ0) is 23.4. The van der Waals surface area contributed by atoms with Gasteiger partial charge in [-0.25, -0.2) is 19.4 Å². The second-order valence-electron chi connectivity index (χ2n) is 8.36. The van der Waals surface area contributed by atoms with E-state index in [1.54, 1.807) is 41.5 Å². The van der Waals surface area contributed by atoms with Crippen molar-refractivity contribution in [3.8, 4) is 5.75 Å². The van der Waals surface area contributed by atoms with Crippen molar-refractivity contribution >= 4 is 23.9 Å². The number of amides is 2. The number of carbonyl (C=O) groups excluding carboxylic acids is 3. The number of rotatable bonds is 4. The predicted molar refractivity (Wildman–Crippen MR) is 107 cm³/mol. The van der Waals surface area contributed by atoms with Crippen LogP contribution < -0.4 is 10.2 Å². The quantitative estimate of drug-likeness (QED) is 0.557. The van der Waals surface area contributed by atoms with E-state index in [-0.39, 0.29) is 22.4 Å². The summed E-state index contributed by atoms with van der Waals surface area (Å²) in [5.41, 5.74) is -0.233. The van der Waals surface area contributed by atoms with Gasteiger partial charge >= 0.3 is 18.0 Å². The lowest BCUT2D eigenvalue weighted by molar-refractivity contribution is 0.00158. The van der Waals surface area contributed by atoms with E-state index in [2.05, 4.69) is 5.43 Å². The Balaban J connectivity index is 3.61. The number of carbonyl (C=O) groups is 4. The predicted octanol–water partition coefficient (Wildman–Crippen LogP) is 2.86. The summed E-state index contributed by atoms with van der Waals surface area (Å²) in [6, 6.07) is 2.46. The number of nitrogens with one attached hydrogen (secondary N) is 1. The smallest absolute Gasteiger partial charge is 0.425 e. The Morgan fingerprint density at radius 3 is 1.80 bits per heavy atom. The summed E-state index contributed by atoms with van der Waals surface area (Å²) < 4.78 is 16.0. The van der Waals surface area contributed by atoms with Gasteiger partial charge in [-0.15, -0.1) is 0 Å². The molecule has 2 N–H and O–H groups in total. The maximum absolute atomic E-state index is 12.9. The summed E-state index contributed by atoms with van der Waals surface area (Å²) in [6.45, 7) is 9.92. The molecule has 1 rings (SSSR count). The minimum Gasteiger partial charge on any atom is -0.495 e. The number of hydrazine groups is 1. The van der Waals surface area contributed by atoms with Crippen molar-refractivity contribution < 1.29 is 38.5 Å². The van der Waals surface area contributed by atoms with Gasteiger partial charge in [0.05, 0.1) is 18.2 Å². The third-order valence-corrected chi connectivity index (χ3v) is 3.38. The zero-order valence-electron chi connectivity index (χ0n) is 18.4. The monoisotopic (exact) mass is 424 g/mol. The lowest BCUT2D eigenvalue weighted by Crippen LogP contribution is -2.42. The summed E-state index contributed by atoms with van der Waals surface area (Å²) in [4.78, 5) is 49.1. The Hall–Kier alpha value is -3.30. The summed E-state index contributed by atoms with van der Waals surface area (Å²) in [7, 11) is 2.33. The van der Waals surface area contributed by atoms with Crippen LogP contribution in [-0.4, -0.2) is 59.4 Å². The molecule has 1 aromatic carbocycles. The van der Waals surface area contributed by atoms with E-state index in [9.17, 15) is 19.2 Å². The second kappa shape index (κ2) is 9.02. The van der Waals surface area contributed by atoms with Crippen LogP contribution in [0.2, 0.25) is 0 Å². The third-order valence-electron chi connectivity index (χ3n) is 3.38. The Morgan fingerprint density at radius 2 is 1.37 bits per heavy atom. The molecule has 0 aliphatic rings. The number of carboxylic acid groups (broad SMARTS) is 1. The zero-order valence-corrected chi connectivity index (χ0v) is 18.4. The Labute approximate surface area is 175 Å². The van der Waals surface area contributed by atoms with E-state index in [1.165, 1.54) is 19.2 Å². The first-order valence-corrected chi connectivity index (χ1v) is 9.02. The largest absolute Gasteiger partial charge is 0.495 e. The molecule has 10 nitrogen and oxygen atoms in total. The molecule has 166 valence electrons. The lowest BCUT2D eigenvalue weighted by atomic mass is 10.0. The first kappa shape index (κ1) is 24.7. The van der Waals surface area contributed by atoms with Gasteiger partial charge in [-0.3, -0.25) is 10.2 Å². The topological polar surface area (TPSA) is 131 Å². The van der Waals surface area contributed by atoms with Crippen LogP contribution in [0.25, 0.3) is 0 Å². The molecule has 0 aromatic heterocycles. The van der Waals surface area contributed by atoms with E-state index in [0.29, 0.717) is 5.01 Å². The second-order valence-corrected chi connectivity index (χ2v) is 8.36. The van der Waals surface area contributed by atoms with Gasteiger partial charge in [0.1, 0.15) is 22.5 Å². The molecule has 0 spiro atoms. The third kappa shape index (κ3) is 6.64. The van der Waals surface area contributed by atoms with Gasteiger partial charge in [-0.1, -0.05) is 0 Å². The highest BCUT2D eigenvalue weighted by Gasteiger charge is 2.32. The van der Waals surface area contributed by atoms with E-state index in [1.807, 2.05) is 0 Å². The van der Waals surface area contributed by atoms with Gasteiger partial charge in [-0.2, -0.15) is 0 Å². The number of hydrogen-bond donors (Lipinski definition) is 2. The molecule has 0 heterocycles. The number of hydrogen-bond acceptors (Lipinski definition) is 7. The molecule has 1 aromatic rings. The summed E-state index contributed by atoms with van der Waals surface area (Å²) in [5, 5.41) is 9.48. The molecule has 2 amide bonds. The molecule has 0 bridgehead atoms. The average molecular weight is 424 g/mol. The maximum Gasteiger partial charge on any atom is 0.425 e. The molecule has 0 aliphatic carbocycles. The number of esters is 2. The molecule has 0 saturated carbocycles. The number of benzene rings is 1. The minimum atomic E-state index is -1.40. The molecular weight excluding hydrogens is 396 g/mol. The Bertz CT molecular complexity index is 850.